The molecule has 2 N–H and O–H groups in total. The van der Waals surface area contributed by atoms with E-state index >= 15 is 0 Å². The molecule has 0 aliphatic heterocycles. The zero-order valence-electron chi connectivity index (χ0n) is 9.32. The average Bonchev–Trinajstić information content (AvgIpc) is 2.82. The Morgan fingerprint density at radius 2 is 1.89 bits per heavy atom. The molecule has 3 rings (SSSR count). The van der Waals surface area contributed by atoms with Crippen LogP contribution in [0, 0.1) is 0 Å². The SMILES string of the molecule is NC(=O)c1nccnc1-n1cnc2ccccc21. The molecule has 88 valence electrons. The summed E-state index contributed by atoms with van der Waals surface area (Å²) in [5, 5.41) is 0. The van der Waals surface area contributed by atoms with Gasteiger partial charge in [-0.05, 0) is 12.1 Å². The molecule has 0 saturated heterocycles. The van der Waals surface area contributed by atoms with Gasteiger partial charge in [-0.3, -0.25) is 9.36 Å². The van der Waals surface area contributed by atoms with Crippen LogP contribution in [0.2, 0.25) is 0 Å². The maximum atomic E-state index is 11.3. The topological polar surface area (TPSA) is 86.7 Å². The van der Waals surface area contributed by atoms with Crippen molar-refractivity contribution in [3.05, 3.63) is 48.7 Å². The highest BCUT2D eigenvalue weighted by Gasteiger charge is 2.14. The van der Waals surface area contributed by atoms with E-state index in [1.807, 2.05) is 24.3 Å². The molecule has 1 aromatic carbocycles. The van der Waals surface area contributed by atoms with Crippen molar-refractivity contribution in [1.29, 1.82) is 0 Å². The maximum absolute atomic E-state index is 11.3. The van der Waals surface area contributed by atoms with Gasteiger partial charge in [0, 0.05) is 12.4 Å². The van der Waals surface area contributed by atoms with Crippen LogP contribution in [0.5, 0.6) is 0 Å². The van der Waals surface area contributed by atoms with E-state index in [2.05, 4.69) is 15.0 Å². The highest BCUT2D eigenvalue weighted by atomic mass is 16.1. The second-order valence-corrected chi connectivity index (χ2v) is 3.70. The third-order valence-corrected chi connectivity index (χ3v) is 2.59. The lowest BCUT2D eigenvalue weighted by Crippen LogP contribution is -2.17. The molecule has 0 unspecified atom stereocenters. The minimum atomic E-state index is -0.615. The molecule has 3 aromatic rings. The highest BCUT2D eigenvalue weighted by Crippen LogP contribution is 2.17. The molecule has 0 atom stereocenters. The van der Waals surface area contributed by atoms with Crippen molar-refractivity contribution in [3.63, 3.8) is 0 Å². The third-order valence-electron chi connectivity index (χ3n) is 2.59. The molecule has 0 aliphatic carbocycles. The summed E-state index contributed by atoms with van der Waals surface area (Å²) in [6, 6.07) is 7.56. The van der Waals surface area contributed by atoms with E-state index in [1.165, 1.54) is 12.4 Å². The Morgan fingerprint density at radius 1 is 1.11 bits per heavy atom. The molecule has 1 amide bonds. The number of benzene rings is 1. The number of imidazole rings is 1. The zero-order valence-corrected chi connectivity index (χ0v) is 9.32. The number of aromatic nitrogens is 4. The Balaban J connectivity index is 2.30. The molecule has 0 bridgehead atoms. The molecule has 6 nitrogen and oxygen atoms in total. The van der Waals surface area contributed by atoms with Gasteiger partial charge in [0.1, 0.15) is 6.33 Å². The van der Waals surface area contributed by atoms with E-state index in [9.17, 15) is 4.79 Å². The number of amides is 1. The standard InChI is InChI=1S/C12H9N5O/c13-11(18)10-12(15-6-5-14-10)17-7-16-8-3-1-2-4-9(8)17/h1-7H,(H2,13,18). The van der Waals surface area contributed by atoms with Gasteiger partial charge in [0.15, 0.2) is 11.5 Å². The van der Waals surface area contributed by atoms with E-state index < -0.39 is 5.91 Å². The van der Waals surface area contributed by atoms with E-state index in [1.54, 1.807) is 10.9 Å². The Morgan fingerprint density at radius 3 is 2.72 bits per heavy atom. The lowest BCUT2D eigenvalue weighted by molar-refractivity contribution is 0.0995. The first-order chi connectivity index (χ1) is 8.77. The van der Waals surface area contributed by atoms with Crippen molar-refractivity contribution >= 4 is 16.9 Å². The number of nitrogens with zero attached hydrogens (tertiary/aromatic N) is 4. The van der Waals surface area contributed by atoms with Gasteiger partial charge in [0.25, 0.3) is 5.91 Å². The van der Waals surface area contributed by atoms with Crippen LogP contribution in [0.1, 0.15) is 10.5 Å². The van der Waals surface area contributed by atoms with Crippen LogP contribution in [0.15, 0.2) is 43.0 Å². The normalized spacial score (nSPS) is 10.7. The predicted molar refractivity (Wildman–Crippen MR) is 65.2 cm³/mol. The lowest BCUT2D eigenvalue weighted by atomic mass is 10.3. The summed E-state index contributed by atoms with van der Waals surface area (Å²) in [4.78, 5) is 23.7. The number of para-hydroxylation sites is 2. The zero-order chi connectivity index (χ0) is 12.5. The van der Waals surface area contributed by atoms with Gasteiger partial charge in [-0.2, -0.15) is 0 Å². The summed E-state index contributed by atoms with van der Waals surface area (Å²) in [5.41, 5.74) is 7.08. The van der Waals surface area contributed by atoms with E-state index in [0.29, 0.717) is 5.82 Å². The van der Waals surface area contributed by atoms with Crippen LogP contribution in [0.4, 0.5) is 0 Å². The van der Waals surface area contributed by atoms with Gasteiger partial charge in [0.05, 0.1) is 11.0 Å². The molecule has 0 fully saturated rings. The van der Waals surface area contributed by atoms with Crippen molar-refractivity contribution in [2.24, 2.45) is 5.73 Å². The number of primary amides is 1. The van der Waals surface area contributed by atoms with Crippen molar-refractivity contribution < 1.29 is 4.79 Å². The molecule has 0 aliphatic rings. The Bertz CT molecular complexity index is 734. The summed E-state index contributed by atoms with van der Waals surface area (Å²) in [5.74, 6) is -0.227. The minimum Gasteiger partial charge on any atom is -0.364 e. The smallest absolute Gasteiger partial charge is 0.271 e. The van der Waals surface area contributed by atoms with E-state index in [-0.39, 0.29) is 5.69 Å². The van der Waals surface area contributed by atoms with Crippen molar-refractivity contribution in [2.45, 2.75) is 0 Å². The third kappa shape index (κ3) is 1.51. The van der Waals surface area contributed by atoms with Crippen LogP contribution in [0.25, 0.3) is 16.9 Å². The summed E-state index contributed by atoms with van der Waals surface area (Å²) < 4.78 is 1.70. The summed E-state index contributed by atoms with van der Waals surface area (Å²) in [6.07, 6.45) is 4.54. The molecular formula is C12H9N5O. The first-order valence-corrected chi connectivity index (χ1v) is 5.30. The largest absolute Gasteiger partial charge is 0.364 e. The van der Waals surface area contributed by atoms with Gasteiger partial charge >= 0.3 is 0 Å². The molecule has 18 heavy (non-hydrogen) atoms. The Hall–Kier alpha value is -2.76. The number of rotatable bonds is 2. The van der Waals surface area contributed by atoms with E-state index in [4.69, 9.17) is 5.73 Å². The lowest BCUT2D eigenvalue weighted by Gasteiger charge is -2.05. The second-order valence-electron chi connectivity index (χ2n) is 3.70. The van der Waals surface area contributed by atoms with Crippen LogP contribution >= 0.6 is 0 Å². The van der Waals surface area contributed by atoms with Crippen LogP contribution in [-0.2, 0) is 0 Å². The molecule has 6 heteroatoms. The first kappa shape index (κ1) is 10.4. The van der Waals surface area contributed by atoms with Crippen LogP contribution < -0.4 is 5.73 Å². The Labute approximate surface area is 102 Å². The average molecular weight is 239 g/mol. The van der Waals surface area contributed by atoms with Gasteiger partial charge in [0.2, 0.25) is 0 Å². The van der Waals surface area contributed by atoms with Gasteiger partial charge in [-0.25, -0.2) is 15.0 Å². The molecule has 2 aromatic heterocycles. The van der Waals surface area contributed by atoms with E-state index in [0.717, 1.165) is 11.0 Å². The summed E-state index contributed by atoms with van der Waals surface area (Å²) >= 11 is 0. The molecule has 2 heterocycles. The molecule has 0 spiro atoms. The Kier molecular flexibility index (Phi) is 2.26. The number of hydrogen-bond donors (Lipinski definition) is 1. The van der Waals surface area contributed by atoms with Crippen molar-refractivity contribution in [2.75, 3.05) is 0 Å². The minimum absolute atomic E-state index is 0.126. The number of carbonyl (C=O) groups is 1. The summed E-state index contributed by atoms with van der Waals surface area (Å²) in [7, 11) is 0. The fraction of sp³-hybridized carbons (Fsp3) is 0. The maximum Gasteiger partial charge on any atom is 0.271 e. The van der Waals surface area contributed by atoms with Gasteiger partial charge < -0.3 is 5.73 Å². The van der Waals surface area contributed by atoms with Crippen LogP contribution in [0.3, 0.4) is 0 Å². The monoisotopic (exact) mass is 239 g/mol. The quantitative estimate of drug-likeness (QED) is 0.720. The first-order valence-electron chi connectivity index (χ1n) is 5.30. The van der Waals surface area contributed by atoms with Crippen molar-refractivity contribution in [3.8, 4) is 5.82 Å². The van der Waals surface area contributed by atoms with Crippen molar-refractivity contribution in [1.82, 2.24) is 19.5 Å². The number of fused-ring (bicyclic) bond motifs is 1. The number of nitrogens with two attached hydrogens (primary N) is 1. The molecular weight excluding hydrogens is 230 g/mol. The van der Waals surface area contributed by atoms with Crippen LogP contribution in [-0.4, -0.2) is 25.4 Å². The second kappa shape index (κ2) is 3.92. The fourth-order valence-corrected chi connectivity index (χ4v) is 1.81. The van der Waals surface area contributed by atoms with Gasteiger partial charge in [-0.15, -0.1) is 0 Å². The highest BCUT2D eigenvalue weighted by molar-refractivity contribution is 5.94. The summed E-state index contributed by atoms with van der Waals surface area (Å²) in [6.45, 7) is 0. The van der Waals surface area contributed by atoms with Gasteiger partial charge in [-0.1, -0.05) is 12.1 Å². The molecule has 0 saturated carbocycles. The number of hydrogen-bond acceptors (Lipinski definition) is 4. The fourth-order valence-electron chi connectivity index (χ4n) is 1.81. The number of carbonyl (C=O) groups excluding carboxylic acids is 1. The molecule has 0 radical (unpaired) electrons. The predicted octanol–water partition coefficient (Wildman–Crippen LogP) is 0.914.